The Labute approximate surface area is 141 Å². The monoisotopic (exact) mass is 338 g/mol. The lowest BCUT2D eigenvalue weighted by molar-refractivity contribution is 0.0981. The van der Waals surface area contributed by atoms with Crippen molar-refractivity contribution in [1.82, 2.24) is 15.0 Å². The maximum absolute atomic E-state index is 11.3. The summed E-state index contributed by atoms with van der Waals surface area (Å²) in [4.78, 5) is 13.4. The van der Waals surface area contributed by atoms with Crippen LogP contribution in [0.1, 0.15) is 10.4 Å². The Kier molecular flexibility index (Phi) is 3.72. The smallest absolute Gasteiger partial charge is 0.144 e. The van der Waals surface area contributed by atoms with Crippen molar-refractivity contribution < 1.29 is 9.52 Å². The van der Waals surface area contributed by atoms with Gasteiger partial charge < -0.3 is 14.8 Å². The number of anilines is 1. The van der Waals surface area contributed by atoms with E-state index in [2.05, 4.69) is 20.3 Å². The van der Waals surface area contributed by atoms with Gasteiger partial charge >= 0.3 is 0 Å². The van der Waals surface area contributed by atoms with Gasteiger partial charge in [0.1, 0.15) is 17.7 Å². The summed E-state index contributed by atoms with van der Waals surface area (Å²) in [6.45, 7) is 0.251. The van der Waals surface area contributed by atoms with Crippen LogP contribution in [0.4, 0.5) is 5.82 Å². The van der Waals surface area contributed by atoms with Crippen molar-refractivity contribution in [1.29, 1.82) is 0 Å². The molecule has 1 atom stereocenters. The molecule has 0 aliphatic rings. The first-order valence-corrected chi connectivity index (χ1v) is 8.23. The number of thiophene rings is 1. The highest BCUT2D eigenvalue weighted by Crippen LogP contribution is 2.33. The molecule has 120 valence electrons. The van der Waals surface area contributed by atoms with Crippen LogP contribution in [-0.2, 0) is 5.60 Å². The number of fused-ring (bicyclic) bond motifs is 1. The minimum atomic E-state index is -1.20. The highest BCUT2D eigenvalue weighted by Gasteiger charge is 2.34. The van der Waals surface area contributed by atoms with Gasteiger partial charge in [0, 0.05) is 22.0 Å². The first kappa shape index (κ1) is 14.8. The molecule has 4 rings (SSSR count). The first-order valence-electron chi connectivity index (χ1n) is 7.35. The molecular weight excluding hydrogens is 324 g/mol. The van der Waals surface area contributed by atoms with E-state index >= 15 is 0 Å². The Morgan fingerprint density at radius 2 is 2.21 bits per heavy atom. The number of pyridine rings is 1. The second kappa shape index (κ2) is 6.03. The van der Waals surface area contributed by atoms with Gasteiger partial charge in [-0.25, -0.2) is 9.97 Å². The van der Waals surface area contributed by atoms with E-state index in [9.17, 15) is 5.11 Å². The molecule has 0 spiro atoms. The largest absolute Gasteiger partial charge is 0.472 e. The molecule has 0 radical (unpaired) electrons. The zero-order chi connectivity index (χ0) is 16.4. The molecule has 6 nitrogen and oxygen atoms in total. The van der Waals surface area contributed by atoms with Crippen molar-refractivity contribution in [3.05, 3.63) is 71.3 Å². The molecule has 0 saturated heterocycles. The summed E-state index contributed by atoms with van der Waals surface area (Å²) in [5, 5.41) is 17.3. The average Bonchev–Trinajstić information content (AvgIpc) is 3.33. The number of aliphatic hydroxyl groups is 1. The van der Waals surface area contributed by atoms with Gasteiger partial charge in [0.05, 0.1) is 30.8 Å². The number of nitrogens with zero attached hydrogens (tertiary/aromatic N) is 3. The summed E-state index contributed by atoms with van der Waals surface area (Å²) in [7, 11) is 0. The molecule has 0 fully saturated rings. The lowest BCUT2D eigenvalue weighted by Crippen LogP contribution is -2.34. The van der Waals surface area contributed by atoms with Crippen LogP contribution >= 0.6 is 11.3 Å². The third-order valence-electron chi connectivity index (χ3n) is 3.88. The van der Waals surface area contributed by atoms with Crippen LogP contribution in [0.2, 0.25) is 0 Å². The molecule has 0 aliphatic carbocycles. The molecule has 4 heterocycles. The van der Waals surface area contributed by atoms with Gasteiger partial charge in [-0.2, -0.15) is 0 Å². The molecule has 4 aromatic heterocycles. The highest BCUT2D eigenvalue weighted by atomic mass is 32.1. The topological polar surface area (TPSA) is 84.1 Å². The Bertz CT molecular complexity index is 899. The van der Waals surface area contributed by atoms with Crippen molar-refractivity contribution in [3.8, 4) is 0 Å². The number of furan rings is 1. The lowest BCUT2D eigenvalue weighted by Gasteiger charge is -2.26. The van der Waals surface area contributed by atoms with E-state index in [0.29, 0.717) is 11.4 Å². The van der Waals surface area contributed by atoms with Crippen molar-refractivity contribution in [3.63, 3.8) is 0 Å². The molecule has 1 unspecified atom stereocenters. The van der Waals surface area contributed by atoms with E-state index < -0.39 is 5.60 Å². The quantitative estimate of drug-likeness (QED) is 0.582. The van der Waals surface area contributed by atoms with Crippen LogP contribution in [0.15, 0.2) is 65.3 Å². The predicted molar refractivity (Wildman–Crippen MR) is 91.8 cm³/mol. The van der Waals surface area contributed by atoms with Crippen LogP contribution in [0, 0.1) is 0 Å². The number of aromatic nitrogens is 3. The average molecular weight is 338 g/mol. The molecule has 4 aromatic rings. The fourth-order valence-corrected chi connectivity index (χ4v) is 3.45. The maximum Gasteiger partial charge on any atom is 0.144 e. The minimum Gasteiger partial charge on any atom is -0.472 e. The fraction of sp³-hybridized carbons (Fsp3) is 0.118. The van der Waals surface area contributed by atoms with Gasteiger partial charge in [0.2, 0.25) is 0 Å². The number of hydrogen-bond donors (Lipinski definition) is 2. The molecule has 2 N–H and O–H groups in total. The van der Waals surface area contributed by atoms with Gasteiger partial charge in [-0.15, -0.1) is 11.3 Å². The summed E-state index contributed by atoms with van der Waals surface area (Å²) in [6, 6.07) is 7.43. The zero-order valence-corrected chi connectivity index (χ0v) is 13.4. The first-order chi connectivity index (χ1) is 11.8. The normalized spacial score (nSPS) is 13.7. The van der Waals surface area contributed by atoms with Crippen molar-refractivity contribution in [2.75, 3.05) is 11.9 Å². The fourth-order valence-electron chi connectivity index (χ4n) is 2.61. The minimum absolute atomic E-state index is 0.251. The SMILES string of the molecule is OC(CNc1ncnc2cnccc12)(c1ccoc1)c1cccs1. The van der Waals surface area contributed by atoms with Gasteiger partial charge in [-0.3, -0.25) is 4.98 Å². The van der Waals surface area contributed by atoms with Gasteiger partial charge in [-0.1, -0.05) is 6.07 Å². The van der Waals surface area contributed by atoms with E-state index in [1.807, 2.05) is 23.6 Å². The lowest BCUT2D eigenvalue weighted by atomic mass is 9.94. The van der Waals surface area contributed by atoms with Crippen LogP contribution < -0.4 is 5.32 Å². The van der Waals surface area contributed by atoms with Crippen LogP contribution in [-0.4, -0.2) is 26.6 Å². The Morgan fingerprint density at radius 3 is 3.00 bits per heavy atom. The highest BCUT2D eigenvalue weighted by molar-refractivity contribution is 7.10. The number of rotatable bonds is 5. The third kappa shape index (κ3) is 2.53. The van der Waals surface area contributed by atoms with Crippen molar-refractivity contribution in [2.24, 2.45) is 0 Å². The van der Waals surface area contributed by atoms with E-state index in [1.165, 1.54) is 17.7 Å². The molecular formula is C17H14N4O2S. The standard InChI is InChI=1S/C17H14N4O2S/c22-17(12-4-6-23-9-12,15-2-1-7-24-15)10-19-16-13-3-5-18-8-14(13)20-11-21-16/h1-9,11,22H,10H2,(H,19,20,21). The van der Waals surface area contributed by atoms with E-state index in [0.717, 1.165) is 15.8 Å². The van der Waals surface area contributed by atoms with Crippen LogP contribution in [0.3, 0.4) is 0 Å². The Balaban J connectivity index is 1.69. The molecule has 0 aliphatic heterocycles. The van der Waals surface area contributed by atoms with Crippen molar-refractivity contribution >= 4 is 28.1 Å². The van der Waals surface area contributed by atoms with Gasteiger partial charge in [0.25, 0.3) is 0 Å². The Hall–Kier alpha value is -2.77. The maximum atomic E-state index is 11.3. The second-order valence-corrected chi connectivity index (χ2v) is 6.27. The van der Waals surface area contributed by atoms with Crippen LogP contribution in [0.5, 0.6) is 0 Å². The summed E-state index contributed by atoms with van der Waals surface area (Å²) >= 11 is 1.49. The van der Waals surface area contributed by atoms with E-state index in [4.69, 9.17) is 4.42 Å². The predicted octanol–water partition coefficient (Wildman–Crippen LogP) is 3.03. The van der Waals surface area contributed by atoms with Crippen molar-refractivity contribution in [2.45, 2.75) is 5.60 Å². The zero-order valence-electron chi connectivity index (χ0n) is 12.6. The van der Waals surface area contributed by atoms with Gasteiger partial charge in [0.15, 0.2) is 0 Å². The number of nitrogens with one attached hydrogen (secondary N) is 1. The summed E-state index contributed by atoms with van der Waals surface area (Å²) in [5.41, 5.74) is 0.237. The summed E-state index contributed by atoms with van der Waals surface area (Å²) in [6.07, 6.45) is 7.97. The second-order valence-electron chi connectivity index (χ2n) is 5.32. The molecule has 7 heteroatoms. The molecule has 0 aromatic carbocycles. The van der Waals surface area contributed by atoms with Crippen LogP contribution in [0.25, 0.3) is 10.9 Å². The molecule has 24 heavy (non-hydrogen) atoms. The summed E-state index contributed by atoms with van der Waals surface area (Å²) in [5.74, 6) is 0.654. The molecule has 0 saturated carbocycles. The molecule has 0 amide bonds. The number of hydrogen-bond acceptors (Lipinski definition) is 7. The summed E-state index contributed by atoms with van der Waals surface area (Å²) < 4.78 is 5.16. The van der Waals surface area contributed by atoms with E-state index in [1.54, 1.807) is 31.0 Å². The van der Waals surface area contributed by atoms with Gasteiger partial charge in [-0.05, 0) is 23.6 Å². The molecule has 0 bridgehead atoms. The Morgan fingerprint density at radius 1 is 1.25 bits per heavy atom. The van der Waals surface area contributed by atoms with E-state index in [-0.39, 0.29) is 6.54 Å². The third-order valence-corrected chi connectivity index (χ3v) is 4.90.